The molecule has 0 fully saturated rings. The Morgan fingerprint density at radius 3 is 2.14 bits per heavy atom. The normalized spacial score (nSPS) is 11.9. The van der Waals surface area contributed by atoms with Crippen LogP contribution in [0.15, 0.2) is 12.1 Å². The fourth-order valence-electron chi connectivity index (χ4n) is 0.992. The van der Waals surface area contributed by atoms with E-state index in [4.69, 9.17) is 0 Å². The van der Waals surface area contributed by atoms with Gasteiger partial charge in [0.25, 0.3) is 0 Å². The van der Waals surface area contributed by atoms with E-state index in [9.17, 15) is 22.0 Å². The van der Waals surface area contributed by atoms with Gasteiger partial charge in [0.2, 0.25) is 0 Å². The molecule has 0 bridgehead atoms. The molecule has 0 N–H and O–H groups in total. The summed E-state index contributed by atoms with van der Waals surface area (Å²) < 4.78 is 62.1. The van der Waals surface area contributed by atoms with Gasteiger partial charge in [-0.05, 0) is 6.07 Å². The van der Waals surface area contributed by atoms with E-state index in [0.29, 0.717) is 6.07 Å². The first kappa shape index (κ1) is 11.4. The third-order valence-corrected chi connectivity index (χ3v) is 2.16. The average molecular weight is 275 g/mol. The van der Waals surface area contributed by atoms with Crippen LogP contribution in [0, 0.1) is 11.6 Å². The summed E-state index contributed by atoms with van der Waals surface area (Å²) in [5, 5.41) is -0.312. The molecule has 1 aromatic carbocycles. The predicted molar refractivity (Wildman–Crippen MR) is 44.0 cm³/mol. The minimum atomic E-state index is -4.74. The van der Waals surface area contributed by atoms with Gasteiger partial charge < -0.3 is 0 Å². The van der Waals surface area contributed by atoms with E-state index in [1.54, 1.807) is 0 Å². The third-order valence-electron chi connectivity index (χ3n) is 1.60. The number of alkyl halides is 4. The molecule has 0 atom stereocenters. The average Bonchev–Trinajstić information content (AvgIpc) is 2.01. The Bertz CT molecular complexity index is 344. The van der Waals surface area contributed by atoms with Gasteiger partial charge in [-0.3, -0.25) is 0 Å². The zero-order valence-electron chi connectivity index (χ0n) is 6.63. The van der Waals surface area contributed by atoms with Crippen LogP contribution in [0.3, 0.4) is 0 Å². The Balaban J connectivity index is 3.40. The van der Waals surface area contributed by atoms with E-state index in [0.717, 1.165) is 0 Å². The first-order valence-electron chi connectivity index (χ1n) is 3.47. The Morgan fingerprint density at radius 1 is 1.14 bits per heavy atom. The molecule has 0 radical (unpaired) electrons. The third kappa shape index (κ3) is 2.23. The fraction of sp³-hybridized carbons (Fsp3) is 0.250. The Morgan fingerprint density at radius 2 is 1.71 bits per heavy atom. The van der Waals surface area contributed by atoms with E-state index < -0.39 is 28.9 Å². The molecule has 0 saturated carbocycles. The highest BCUT2D eigenvalue weighted by Crippen LogP contribution is 2.34. The maximum absolute atomic E-state index is 12.9. The molecule has 0 aliphatic rings. The molecule has 0 spiro atoms. The molecule has 1 aromatic rings. The zero-order chi connectivity index (χ0) is 10.9. The lowest BCUT2D eigenvalue weighted by atomic mass is 10.1. The molecular weight excluding hydrogens is 271 g/mol. The molecule has 0 nitrogen and oxygen atoms in total. The van der Waals surface area contributed by atoms with Gasteiger partial charge in [0.15, 0.2) is 0 Å². The Kier molecular flexibility index (Phi) is 3.14. The van der Waals surface area contributed by atoms with Gasteiger partial charge in [-0.25, -0.2) is 8.78 Å². The maximum Gasteiger partial charge on any atom is 0.416 e. The molecular formula is C8H4BrF5. The first-order chi connectivity index (χ1) is 6.36. The quantitative estimate of drug-likeness (QED) is 0.539. The number of halogens is 6. The summed E-state index contributed by atoms with van der Waals surface area (Å²) in [5.74, 6) is -2.44. The summed E-state index contributed by atoms with van der Waals surface area (Å²) >= 11 is 2.71. The molecule has 0 aliphatic carbocycles. The zero-order valence-corrected chi connectivity index (χ0v) is 8.22. The van der Waals surface area contributed by atoms with Gasteiger partial charge in [0, 0.05) is 17.0 Å². The van der Waals surface area contributed by atoms with Crippen LogP contribution in [0.2, 0.25) is 0 Å². The SMILES string of the molecule is Fc1cc(F)c(CBr)c(C(F)(F)F)c1. The molecule has 6 heteroatoms. The minimum absolute atomic E-state index is 0.277. The molecule has 0 aromatic heterocycles. The van der Waals surface area contributed by atoms with Crippen LogP contribution >= 0.6 is 15.9 Å². The highest BCUT2D eigenvalue weighted by atomic mass is 79.9. The van der Waals surface area contributed by atoms with Gasteiger partial charge in [0.05, 0.1) is 5.56 Å². The van der Waals surface area contributed by atoms with Crippen LogP contribution in [0.4, 0.5) is 22.0 Å². The number of hydrogen-bond acceptors (Lipinski definition) is 0. The van der Waals surface area contributed by atoms with Crippen LogP contribution in [0.5, 0.6) is 0 Å². The van der Waals surface area contributed by atoms with Crippen molar-refractivity contribution in [2.75, 3.05) is 0 Å². The Hall–Kier alpha value is -0.650. The van der Waals surface area contributed by atoms with Crippen LogP contribution in [0.1, 0.15) is 11.1 Å². The smallest absolute Gasteiger partial charge is 0.207 e. The van der Waals surface area contributed by atoms with Crippen LogP contribution < -0.4 is 0 Å². The maximum atomic E-state index is 12.9. The van der Waals surface area contributed by atoms with E-state index >= 15 is 0 Å². The number of benzene rings is 1. The molecule has 0 saturated heterocycles. The standard InChI is InChI=1S/C8H4BrF5/c9-3-5-6(8(12,13)14)1-4(10)2-7(5)11/h1-2H,3H2. The van der Waals surface area contributed by atoms with Crippen molar-refractivity contribution in [2.45, 2.75) is 11.5 Å². The summed E-state index contributed by atoms with van der Waals surface area (Å²) in [4.78, 5) is 0. The molecule has 0 amide bonds. The molecule has 0 heterocycles. The van der Waals surface area contributed by atoms with E-state index in [2.05, 4.69) is 15.9 Å². The first-order valence-corrected chi connectivity index (χ1v) is 4.59. The summed E-state index contributed by atoms with van der Waals surface area (Å²) in [6.45, 7) is 0. The molecule has 78 valence electrons. The fourth-order valence-corrected chi connectivity index (χ4v) is 1.56. The van der Waals surface area contributed by atoms with Crippen molar-refractivity contribution >= 4 is 15.9 Å². The van der Waals surface area contributed by atoms with Crippen molar-refractivity contribution in [2.24, 2.45) is 0 Å². The van der Waals surface area contributed by atoms with E-state index in [1.807, 2.05) is 0 Å². The Labute approximate surface area is 84.9 Å². The second-order valence-electron chi connectivity index (χ2n) is 2.55. The van der Waals surface area contributed by atoms with Crippen LogP contribution in [-0.2, 0) is 11.5 Å². The predicted octanol–water partition coefficient (Wildman–Crippen LogP) is 3.88. The van der Waals surface area contributed by atoms with Crippen molar-refractivity contribution in [3.05, 3.63) is 34.9 Å². The lowest BCUT2D eigenvalue weighted by Gasteiger charge is -2.11. The van der Waals surface area contributed by atoms with E-state index in [1.165, 1.54) is 0 Å². The van der Waals surface area contributed by atoms with Crippen molar-refractivity contribution < 1.29 is 22.0 Å². The van der Waals surface area contributed by atoms with Crippen molar-refractivity contribution in [3.63, 3.8) is 0 Å². The molecule has 14 heavy (non-hydrogen) atoms. The van der Waals surface area contributed by atoms with Gasteiger partial charge in [-0.1, -0.05) is 15.9 Å². The molecule has 1 rings (SSSR count). The van der Waals surface area contributed by atoms with Crippen molar-refractivity contribution in [1.82, 2.24) is 0 Å². The second kappa shape index (κ2) is 3.84. The topological polar surface area (TPSA) is 0 Å². The second-order valence-corrected chi connectivity index (χ2v) is 3.11. The van der Waals surface area contributed by atoms with Crippen LogP contribution in [0.25, 0.3) is 0 Å². The monoisotopic (exact) mass is 274 g/mol. The summed E-state index contributed by atoms with van der Waals surface area (Å²) in [7, 11) is 0. The lowest BCUT2D eigenvalue weighted by Crippen LogP contribution is -2.10. The van der Waals surface area contributed by atoms with Gasteiger partial charge in [0.1, 0.15) is 11.6 Å². The van der Waals surface area contributed by atoms with Gasteiger partial charge in [-0.15, -0.1) is 0 Å². The summed E-state index contributed by atoms with van der Waals surface area (Å²) in [6, 6.07) is 0.700. The highest BCUT2D eigenvalue weighted by molar-refractivity contribution is 9.08. The lowest BCUT2D eigenvalue weighted by molar-refractivity contribution is -0.138. The summed E-state index contributed by atoms with van der Waals surface area (Å²) in [5.41, 5.74) is -1.87. The molecule has 0 unspecified atom stereocenters. The number of rotatable bonds is 1. The van der Waals surface area contributed by atoms with Crippen molar-refractivity contribution in [3.8, 4) is 0 Å². The van der Waals surface area contributed by atoms with E-state index in [-0.39, 0.29) is 11.4 Å². The minimum Gasteiger partial charge on any atom is -0.207 e. The summed E-state index contributed by atoms with van der Waals surface area (Å²) in [6.07, 6.45) is -4.74. The molecule has 0 aliphatic heterocycles. The highest BCUT2D eigenvalue weighted by Gasteiger charge is 2.34. The number of hydrogen-bond donors (Lipinski definition) is 0. The van der Waals surface area contributed by atoms with Crippen molar-refractivity contribution in [1.29, 1.82) is 0 Å². The van der Waals surface area contributed by atoms with Gasteiger partial charge >= 0.3 is 6.18 Å². The van der Waals surface area contributed by atoms with Gasteiger partial charge in [-0.2, -0.15) is 13.2 Å². The van der Waals surface area contributed by atoms with Crippen LogP contribution in [-0.4, -0.2) is 0 Å². The largest absolute Gasteiger partial charge is 0.416 e.